The van der Waals surface area contributed by atoms with Gasteiger partial charge in [0.2, 0.25) is 0 Å². The number of unbranched alkanes of at least 4 members (excludes halogenated alkanes) is 20. The van der Waals surface area contributed by atoms with Gasteiger partial charge in [-0.3, -0.25) is 0 Å². The molecule has 0 bridgehead atoms. The first-order valence-electron chi connectivity index (χ1n) is 32.9. The van der Waals surface area contributed by atoms with E-state index < -0.39 is 5.60 Å². The molecule has 0 spiro atoms. The van der Waals surface area contributed by atoms with Crippen LogP contribution in [0.1, 0.15) is 345 Å². The van der Waals surface area contributed by atoms with E-state index in [-0.39, 0.29) is 6.10 Å². The summed E-state index contributed by atoms with van der Waals surface area (Å²) in [6, 6.07) is 6.49. The molecule has 0 saturated carbocycles. The lowest BCUT2D eigenvalue weighted by Gasteiger charge is -2.34. The Morgan fingerprint density at radius 2 is 0.836 bits per heavy atom. The van der Waals surface area contributed by atoms with E-state index in [0.29, 0.717) is 5.92 Å². The van der Waals surface area contributed by atoms with E-state index in [1.54, 1.807) is 7.11 Å². The fourth-order valence-corrected chi connectivity index (χ4v) is 11.6. The summed E-state index contributed by atoms with van der Waals surface area (Å²) >= 11 is 0. The molecule has 73 heavy (non-hydrogen) atoms. The van der Waals surface area contributed by atoms with Crippen molar-refractivity contribution in [3.05, 3.63) is 35.4 Å². The standard InChI is InChI=1S/C70H132O3/c1-13-14-15-16-17-18-19-20-21-22-23-24-25-26-27-28-29-30-31-32-33-53-66-56-67(72-12)58-68(57-66)73-69(70(11,71)55-40-52-65(10)50-38-46-62(7)44-35-42-60(4)5)54-39-51-64(9)49-37-48-63(8)47-36-45-61(6)43-34-41-59(2)3/h51,56-63,65,69,71H,13-50,52-55H2,1-12H3/b64-51+/t61-,62-,63-,65-,69?,70?/m1/s1. The topological polar surface area (TPSA) is 38.7 Å². The molecule has 1 rings (SSSR count). The predicted octanol–water partition coefficient (Wildman–Crippen LogP) is 23.6. The fourth-order valence-electron chi connectivity index (χ4n) is 11.6. The molecule has 0 radical (unpaired) electrons. The molecule has 430 valence electrons. The first kappa shape index (κ1) is 69.5. The molecule has 2 unspecified atom stereocenters. The summed E-state index contributed by atoms with van der Waals surface area (Å²) < 4.78 is 12.8. The average molecular weight is 1020 g/mol. The van der Waals surface area contributed by atoms with Crippen molar-refractivity contribution < 1.29 is 14.6 Å². The van der Waals surface area contributed by atoms with Crippen molar-refractivity contribution in [2.45, 2.75) is 358 Å². The smallest absolute Gasteiger partial charge is 0.127 e. The van der Waals surface area contributed by atoms with Crippen molar-refractivity contribution >= 4 is 0 Å². The predicted molar refractivity (Wildman–Crippen MR) is 327 cm³/mol. The SMILES string of the molecule is CCCCCCCCCCCCCCCCCCCCCCCc1cc(OC)cc(OC(CC/C=C(\C)CCC[C@H](C)CCC[C@H](C)CCCC(C)C)C(C)(O)CCC[C@H](C)CCC[C@H](C)CCCC(C)C)c1. The highest BCUT2D eigenvalue weighted by molar-refractivity contribution is 5.39. The number of aryl methyl sites for hydroxylation is 1. The van der Waals surface area contributed by atoms with Gasteiger partial charge in [-0.2, -0.15) is 0 Å². The van der Waals surface area contributed by atoms with Crippen molar-refractivity contribution in [2.24, 2.45) is 35.5 Å². The first-order chi connectivity index (χ1) is 35.1. The lowest BCUT2D eigenvalue weighted by Crippen LogP contribution is -2.43. The zero-order valence-electron chi connectivity index (χ0n) is 51.8. The van der Waals surface area contributed by atoms with Crippen LogP contribution in [0.4, 0.5) is 0 Å². The summed E-state index contributed by atoms with van der Waals surface area (Å²) in [4.78, 5) is 0. The van der Waals surface area contributed by atoms with Gasteiger partial charge in [-0.15, -0.1) is 0 Å². The molecule has 3 heteroatoms. The Hall–Kier alpha value is -1.48. The second-order valence-corrected chi connectivity index (χ2v) is 26.1. The van der Waals surface area contributed by atoms with E-state index in [0.717, 1.165) is 73.2 Å². The van der Waals surface area contributed by atoms with Crippen LogP contribution in [0.2, 0.25) is 0 Å². The van der Waals surface area contributed by atoms with Gasteiger partial charge in [0.15, 0.2) is 0 Å². The normalized spacial score (nSPS) is 15.2. The molecule has 0 heterocycles. The summed E-state index contributed by atoms with van der Waals surface area (Å²) in [5, 5.41) is 12.3. The highest BCUT2D eigenvalue weighted by Gasteiger charge is 2.33. The van der Waals surface area contributed by atoms with Crippen LogP contribution in [-0.2, 0) is 6.42 Å². The summed E-state index contributed by atoms with van der Waals surface area (Å²) in [6.07, 6.45) is 57.7. The average Bonchev–Trinajstić information content (AvgIpc) is 3.33. The first-order valence-corrected chi connectivity index (χ1v) is 32.9. The molecule has 1 N–H and O–H groups in total. The molecule has 1 aromatic carbocycles. The van der Waals surface area contributed by atoms with Crippen molar-refractivity contribution in [3.8, 4) is 11.5 Å². The summed E-state index contributed by atoms with van der Waals surface area (Å²) in [7, 11) is 1.77. The second kappa shape index (κ2) is 46.6. The molecule has 0 aliphatic heterocycles. The third kappa shape index (κ3) is 42.3. The highest BCUT2D eigenvalue weighted by Crippen LogP contribution is 2.32. The van der Waals surface area contributed by atoms with Gasteiger partial charge in [-0.1, -0.05) is 299 Å². The van der Waals surface area contributed by atoms with E-state index in [9.17, 15) is 5.11 Å². The van der Waals surface area contributed by atoms with E-state index >= 15 is 0 Å². The van der Waals surface area contributed by atoms with Gasteiger partial charge in [-0.05, 0) is 112 Å². The van der Waals surface area contributed by atoms with Gasteiger partial charge in [-0.25, -0.2) is 0 Å². The largest absolute Gasteiger partial charge is 0.497 e. The maximum absolute atomic E-state index is 12.3. The molecule has 3 nitrogen and oxygen atoms in total. The molecule has 0 saturated heterocycles. The number of methoxy groups -OCH3 is 1. The molecule has 0 aromatic heterocycles. The third-order valence-electron chi connectivity index (χ3n) is 17.0. The van der Waals surface area contributed by atoms with Crippen LogP contribution in [0.25, 0.3) is 0 Å². The van der Waals surface area contributed by atoms with Crippen LogP contribution in [0, 0.1) is 35.5 Å². The van der Waals surface area contributed by atoms with Crippen LogP contribution in [0.15, 0.2) is 29.8 Å². The number of allylic oxidation sites excluding steroid dienone is 2. The monoisotopic (exact) mass is 1020 g/mol. The minimum atomic E-state index is -0.913. The molecule has 1 aromatic rings. The molecule has 0 fully saturated rings. The maximum Gasteiger partial charge on any atom is 0.127 e. The fraction of sp³-hybridized carbons (Fsp3) is 0.886. The summed E-state index contributed by atoms with van der Waals surface area (Å²) in [5.74, 6) is 6.56. The van der Waals surface area contributed by atoms with Crippen LogP contribution in [0.3, 0.4) is 0 Å². The Morgan fingerprint density at radius 3 is 1.25 bits per heavy atom. The van der Waals surface area contributed by atoms with Crippen molar-refractivity contribution in [2.75, 3.05) is 7.11 Å². The van der Waals surface area contributed by atoms with Gasteiger partial charge < -0.3 is 14.6 Å². The number of ether oxygens (including phenoxy) is 2. The number of hydrogen-bond donors (Lipinski definition) is 1. The maximum atomic E-state index is 12.3. The Bertz CT molecular complexity index is 1380. The molecular formula is C70H132O3. The summed E-state index contributed by atoms with van der Waals surface area (Å²) in [5.41, 5.74) is 1.86. The minimum Gasteiger partial charge on any atom is -0.497 e. The van der Waals surface area contributed by atoms with Gasteiger partial charge in [0, 0.05) is 6.07 Å². The van der Waals surface area contributed by atoms with Crippen LogP contribution < -0.4 is 9.47 Å². The number of hydrogen-bond acceptors (Lipinski definition) is 3. The Kier molecular flexibility index (Phi) is 44.4. The molecule has 0 amide bonds. The number of aliphatic hydroxyl groups is 1. The van der Waals surface area contributed by atoms with Crippen molar-refractivity contribution in [1.29, 1.82) is 0 Å². The Balaban J connectivity index is 2.66. The van der Waals surface area contributed by atoms with E-state index in [1.807, 2.05) is 13.0 Å². The van der Waals surface area contributed by atoms with Crippen LogP contribution >= 0.6 is 0 Å². The Morgan fingerprint density at radius 1 is 0.466 bits per heavy atom. The van der Waals surface area contributed by atoms with Gasteiger partial charge in [0.05, 0.1) is 12.7 Å². The lowest BCUT2D eigenvalue weighted by molar-refractivity contribution is -0.0585. The van der Waals surface area contributed by atoms with E-state index in [4.69, 9.17) is 9.47 Å². The number of rotatable bonds is 53. The highest BCUT2D eigenvalue weighted by atomic mass is 16.5. The Labute approximate surface area is 459 Å². The minimum absolute atomic E-state index is 0.282. The second-order valence-electron chi connectivity index (χ2n) is 26.1. The zero-order valence-corrected chi connectivity index (χ0v) is 51.8. The van der Waals surface area contributed by atoms with Gasteiger partial charge >= 0.3 is 0 Å². The van der Waals surface area contributed by atoms with Crippen LogP contribution in [-0.4, -0.2) is 23.9 Å². The zero-order chi connectivity index (χ0) is 53.8. The quantitative estimate of drug-likeness (QED) is 0.0522. The third-order valence-corrected chi connectivity index (χ3v) is 17.0. The van der Waals surface area contributed by atoms with Crippen molar-refractivity contribution in [1.82, 2.24) is 0 Å². The molecule has 0 aliphatic carbocycles. The van der Waals surface area contributed by atoms with Crippen molar-refractivity contribution in [3.63, 3.8) is 0 Å². The lowest BCUT2D eigenvalue weighted by atomic mass is 9.86. The van der Waals surface area contributed by atoms with E-state index in [2.05, 4.69) is 87.4 Å². The summed E-state index contributed by atoms with van der Waals surface area (Å²) in [6.45, 7) is 25.9. The molecule has 0 aliphatic rings. The van der Waals surface area contributed by atoms with E-state index in [1.165, 1.54) is 249 Å². The number of benzene rings is 1. The van der Waals surface area contributed by atoms with Gasteiger partial charge in [0.25, 0.3) is 0 Å². The molecule has 6 atom stereocenters. The van der Waals surface area contributed by atoms with Crippen LogP contribution in [0.5, 0.6) is 11.5 Å². The van der Waals surface area contributed by atoms with Gasteiger partial charge in [0.1, 0.15) is 17.6 Å². The molecular weight excluding hydrogens is 889 g/mol.